The molecule has 3 aliphatic rings. The van der Waals surface area contributed by atoms with Crippen molar-refractivity contribution < 1.29 is 9.47 Å². The van der Waals surface area contributed by atoms with Crippen LogP contribution < -0.4 is 10.1 Å². The van der Waals surface area contributed by atoms with Gasteiger partial charge in [0.1, 0.15) is 5.75 Å². The summed E-state index contributed by atoms with van der Waals surface area (Å²) in [4.78, 5) is 6.79. The van der Waals surface area contributed by atoms with E-state index in [0.717, 1.165) is 24.9 Å². The summed E-state index contributed by atoms with van der Waals surface area (Å²) in [7, 11) is 5.70. The first-order chi connectivity index (χ1) is 12.7. The standard InChI is InChI=1S/C21H31N3O2/c1-22-20(24(2)14-15-6-8-16(25-3)9-7-15)23-18-17-10-13-26-19(17)21(18)11-4-5-12-21/h6-9,17-19H,4-5,10-14H2,1-3H3,(H,22,23). The van der Waals surface area contributed by atoms with Gasteiger partial charge >= 0.3 is 0 Å². The van der Waals surface area contributed by atoms with Crippen LogP contribution in [-0.4, -0.2) is 50.8 Å². The minimum Gasteiger partial charge on any atom is -0.497 e. The van der Waals surface area contributed by atoms with E-state index in [1.807, 2.05) is 19.2 Å². The van der Waals surface area contributed by atoms with Gasteiger partial charge in [0.25, 0.3) is 0 Å². The number of hydrogen-bond acceptors (Lipinski definition) is 3. The molecule has 0 bridgehead atoms. The van der Waals surface area contributed by atoms with Crippen LogP contribution in [-0.2, 0) is 11.3 Å². The van der Waals surface area contributed by atoms with E-state index in [1.165, 1.54) is 37.7 Å². The fourth-order valence-corrected chi connectivity index (χ4v) is 5.47. The van der Waals surface area contributed by atoms with E-state index < -0.39 is 0 Å². The van der Waals surface area contributed by atoms with E-state index in [4.69, 9.17) is 9.47 Å². The zero-order valence-corrected chi connectivity index (χ0v) is 16.2. The predicted molar refractivity (Wildman–Crippen MR) is 103 cm³/mol. The van der Waals surface area contributed by atoms with E-state index in [-0.39, 0.29) is 0 Å². The molecule has 2 aliphatic carbocycles. The molecule has 5 heteroatoms. The third-order valence-corrected chi connectivity index (χ3v) is 6.72. The Balaban J connectivity index is 1.43. The lowest BCUT2D eigenvalue weighted by molar-refractivity contribution is -0.125. The molecule has 1 N–H and O–H groups in total. The molecule has 26 heavy (non-hydrogen) atoms. The highest BCUT2D eigenvalue weighted by molar-refractivity contribution is 5.80. The van der Waals surface area contributed by atoms with Crippen LogP contribution in [0.4, 0.5) is 0 Å². The SMILES string of the molecule is CN=C(NC1C2CCOC2C12CCCC2)N(C)Cc1ccc(OC)cc1. The average molecular weight is 357 g/mol. The number of nitrogens with one attached hydrogen (secondary N) is 1. The molecule has 3 unspecified atom stereocenters. The van der Waals surface area contributed by atoms with Gasteiger partial charge in [-0.25, -0.2) is 0 Å². The number of hydrogen-bond donors (Lipinski definition) is 1. The van der Waals surface area contributed by atoms with Crippen molar-refractivity contribution in [3.8, 4) is 5.75 Å². The molecule has 1 saturated heterocycles. The van der Waals surface area contributed by atoms with Gasteiger partial charge in [-0.2, -0.15) is 0 Å². The highest BCUT2D eigenvalue weighted by Gasteiger charge is 2.65. The van der Waals surface area contributed by atoms with Gasteiger partial charge in [-0.05, 0) is 37.0 Å². The van der Waals surface area contributed by atoms with E-state index >= 15 is 0 Å². The Labute approximate surface area is 156 Å². The van der Waals surface area contributed by atoms with Gasteiger partial charge in [0.05, 0.1) is 13.2 Å². The molecule has 2 saturated carbocycles. The highest BCUT2D eigenvalue weighted by atomic mass is 16.5. The maximum absolute atomic E-state index is 6.11. The first-order valence-electron chi connectivity index (χ1n) is 9.87. The van der Waals surface area contributed by atoms with E-state index in [0.29, 0.717) is 23.5 Å². The topological polar surface area (TPSA) is 46.1 Å². The summed E-state index contributed by atoms with van der Waals surface area (Å²) in [5.41, 5.74) is 1.60. The lowest BCUT2D eigenvalue weighted by Gasteiger charge is -2.57. The third-order valence-electron chi connectivity index (χ3n) is 6.72. The van der Waals surface area contributed by atoms with Gasteiger partial charge in [-0.3, -0.25) is 4.99 Å². The predicted octanol–water partition coefficient (Wildman–Crippen LogP) is 3.05. The van der Waals surface area contributed by atoms with Crippen LogP contribution in [0.5, 0.6) is 5.75 Å². The zero-order chi connectivity index (χ0) is 18.1. The number of benzene rings is 1. The molecule has 1 aromatic rings. The summed E-state index contributed by atoms with van der Waals surface area (Å²) in [5.74, 6) is 2.53. The quantitative estimate of drug-likeness (QED) is 0.665. The van der Waals surface area contributed by atoms with Gasteiger partial charge in [-0.1, -0.05) is 25.0 Å². The summed E-state index contributed by atoms with van der Waals surface area (Å²) >= 11 is 0. The summed E-state index contributed by atoms with van der Waals surface area (Å²) in [6.45, 7) is 1.75. The molecule has 0 amide bonds. The van der Waals surface area contributed by atoms with Crippen LogP contribution in [0.2, 0.25) is 0 Å². The molecule has 1 aliphatic heterocycles. The number of aliphatic imine (C=N–C) groups is 1. The number of fused-ring (bicyclic) bond motifs is 2. The molecule has 3 fully saturated rings. The van der Waals surface area contributed by atoms with Gasteiger partial charge in [-0.15, -0.1) is 0 Å². The summed E-state index contributed by atoms with van der Waals surface area (Å²) < 4.78 is 11.4. The Hall–Kier alpha value is -1.75. The van der Waals surface area contributed by atoms with Crippen molar-refractivity contribution in [2.75, 3.05) is 27.8 Å². The molecule has 142 valence electrons. The zero-order valence-electron chi connectivity index (χ0n) is 16.2. The summed E-state index contributed by atoms with van der Waals surface area (Å²) in [6, 6.07) is 8.77. The van der Waals surface area contributed by atoms with Crippen LogP contribution in [0.25, 0.3) is 0 Å². The number of nitrogens with zero attached hydrogens (tertiary/aromatic N) is 2. The molecule has 4 rings (SSSR count). The molecule has 1 aromatic carbocycles. The van der Waals surface area contributed by atoms with Gasteiger partial charge in [0.2, 0.25) is 0 Å². The summed E-state index contributed by atoms with van der Waals surface area (Å²) in [5, 5.41) is 3.82. The second-order valence-electron chi connectivity index (χ2n) is 8.06. The third kappa shape index (κ3) is 2.86. The van der Waals surface area contributed by atoms with Crippen molar-refractivity contribution in [2.45, 2.75) is 50.8 Å². The second-order valence-corrected chi connectivity index (χ2v) is 8.06. The molecular weight excluding hydrogens is 326 g/mol. The number of rotatable bonds is 4. The molecule has 0 radical (unpaired) electrons. The fourth-order valence-electron chi connectivity index (χ4n) is 5.47. The largest absolute Gasteiger partial charge is 0.497 e. The van der Waals surface area contributed by atoms with E-state index in [2.05, 4.69) is 34.4 Å². The fraction of sp³-hybridized carbons (Fsp3) is 0.667. The van der Waals surface area contributed by atoms with Crippen LogP contribution in [0.3, 0.4) is 0 Å². The first kappa shape index (κ1) is 17.7. The van der Waals surface area contributed by atoms with Crippen molar-refractivity contribution >= 4 is 5.96 Å². The normalized spacial score (nSPS) is 29.3. The van der Waals surface area contributed by atoms with Crippen molar-refractivity contribution in [2.24, 2.45) is 16.3 Å². The smallest absolute Gasteiger partial charge is 0.193 e. The molecule has 5 nitrogen and oxygen atoms in total. The van der Waals surface area contributed by atoms with Crippen molar-refractivity contribution in [3.05, 3.63) is 29.8 Å². The maximum Gasteiger partial charge on any atom is 0.193 e. The first-order valence-corrected chi connectivity index (χ1v) is 9.87. The van der Waals surface area contributed by atoms with Gasteiger partial charge < -0.3 is 19.7 Å². The average Bonchev–Trinajstić information content (AvgIpc) is 3.31. The van der Waals surface area contributed by atoms with Crippen LogP contribution in [0.15, 0.2) is 29.3 Å². The van der Waals surface area contributed by atoms with Crippen LogP contribution in [0.1, 0.15) is 37.7 Å². The molecule has 1 spiro atoms. The monoisotopic (exact) mass is 357 g/mol. The Morgan fingerprint density at radius 2 is 2.04 bits per heavy atom. The van der Waals surface area contributed by atoms with E-state index in [9.17, 15) is 0 Å². The Kier molecular flexibility index (Phi) is 4.82. The second kappa shape index (κ2) is 7.10. The molecule has 0 aromatic heterocycles. The number of ether oxygens (including phenoxy) is 2. The lowest BCUT2D eigenvalue weighted by atomic mass is 9.54. The Morgan fingerprint density at radius 1 is 1.31 bits per heavy atom. The molecular formula is C21H31N3O2. The van der Waals surface area contributed by atoms with Crippen LogP contribution in [0, 0.1) is 11.3 Å². The summed E-state index contributed by atoms with van der Waals surface area (Å²) in [6.07, 6.45) is 6.93. The van der Waals surface area contributed by atoms with Crippen molar-refractivity contribution in [3.63, 3.8) is 0 Å². The number of methoxy groups -OCH3 is 1. The van der Waals surface area contributed by atoms with Crippen LogP contribution >= 0.6 is 0 Å². The molecule has 3 atom stereocenters. The maximum atomic E-state index is 6.11. The van der Waals surface area contributed by atoms with E-state index in [1.54, 1.807) is 7.11 Å². The van der Waals surface area contributed by atoms with Crippen molar-refractivity contribution in [1.82, 2.24) is 10.2 Å². The van der Waals surface area contributed by atoms with Crippen molar-refractivity contribution in [1.29, 1.82) is 0 Å². The lowest BCUT2D eigenvalue weighted by Crippen LogP contribution is -2.69. The van der Waals surface area contributed by atoms with Gasteiger partial charge in [0.15, 0.2) is 5.96 Å². The minimum atomic E-state index is 0.345. The van der Waals surface area contributed by atoms with Gasteiger partial charge in [0, 0.05) is 44.6 Å². The minimum absolute atomic E-state index is 0.345. The number of guanidine groups is 1. The Morgan fingerprint density at radius 3 is 2.69 bits per heavy atom. The molecule has 1 heterocycles. The highest BCUT2D eigenvalue weighted by Crippen LogP contribution is 2.60. The Bertz CT molecular complexity index is 652.